The molecule has 1 rings (SSSR count). The van der Waals surface area contributed by atoms with E-state index in [-0.39, 0.29) is 18.2 Å². The maximum absolute atomic E-state index is 11.5. The number of nitrogens with one attached hydrogen (secondary N) is 1. The fraction of sp³-hybridized carbons (Fsp3) is 0.273. The number of oxime groups is 1. The van der Waals surface area contributed by atoms with Crippen molar-refractivity contribution < 1.29 is 10.0 Å². The molecule has 0 aliphatic carbocycles. The van der Waals surface area contributed by atoms with Gasteiger partial charge in [0.25, 0.3) is 0 Å². The Bertz CT molecular complexity index is 449. The molecule has 0 aliphatic rings. The minimum atomic E-state index is -0.318. The lowest BCUT2D eigenvalue weighted by Crippen LogP contribution is -2.22. The summed E-state index contributed by atoms with van der Waals surface area (Å²) in [5.74, 6) is -0.436. The molecule has 0 heterocycles. The number of carbonyl (C=O) groups excluding carboxylic acids is 1. The van der Waals surface area contributed by atoms with E-state index < -0.39 is 0 Å². The number of benzene rings is 1. The first kappa shape index (κ1) is 13.5. The highest BCUT2D eigenvalue weighted by molar-refractivity contribution is 9.10. The van der Waals surface area contributed by atoms with E-state index in [1.165, 1.54) is 0 Å². The van der Waals surface area contributed by atoms with E-state index in [9.17, 15) is 4.79 Å². The summed E-state index contributed by atoms with van der Waals surface area (Å²) < 4.78 is 1.02. The smallest absolute Gasteiger partial charge is 0.232 e. The monoisotopic (exact) mass is 299 g/mol. The van der Waals surface area contributed by atoms with E-state index in [0.29, 0.717) is 5.69 Å². The van der Waals surface area contributed by atoms with Gasteiger partial charge in [0.1, 0.15) is 5.84 Å². The van der Waals surface area contributed by atoms with Crippen LogP contribution in [0.15, 0.2) is 21.8 Å². The maximum Gasteiger partial charge on any atom is 0.232 e. The van der Waals surface area contributed by atoms with Gasteiger partial charge in [0.15, 0.2) is 0 Å². The van der Waals surface area contributed by atoms with E-state index in [1.54, 1.807) is 0 Å². The Morgan fingerprint density at radius 2 is 2.00 bits per heavy atom. The van der Waals surface area contributed by atoms with Crippen molar-refractivity contribution in [3.8, 4) is 0 Å². The second-order valence-corrected chi connectivity index (χ2v) is 4.53. The number of rotatable bonds is 3. The van der Waals surface area contributed by atoms with Crippen LogP contribution in [-0.2, 0) is 4.79 Å². The van der Waals surface area contributed by atoms with Gasteiger partial charge in [-0.3, -0.25) is 4.79 Å². The Hall–Kier alpha value is -1.56. The maximum atomic E-state index is 11.5. The second-order valence-electron chi connectivity index (χ2n) is 3.74. The van der Waals surface area contributed by atoms with E-state index >= 15 is 0 Å². The van der Waals surface area contributed by atoms with Gasteiger partial charge in [-0.1, -0.05) is 21.1 Å². The van der Waals surface area contributed by atoms with Crippen molar-refractivity contribution in [3.05, 3.63) is 27.7 Å². The van der Waals surface area contributed by atoms with Crippen LogP contribution in [-0.4, -0.2) is 17.0 Å². The van der Waals surface area contributed by atoms with Crippen molar-refractivity contribution in [3.63, 3.8) is 0 Å². The third kappa shape index (κ3) is 3.74. The number of carbonyl (C=O) groups is 1. The Kier molecular flexibility index (Phi) is 4.51. The predicted molar refractivity (Wildman–Crippen MR) is 70.3 cm³/mol. The predicted octanol–water partition coefficient (Wildman–Crippen LogP) is 2.14. The average molecular weight is 300 g/mol. The van der Waals surface area contributed by atoms with Crippen LogP contribution in [0.1, 0.15) is 17.5 Å². The van der Waals surface area contributed by atoms with Gasteiger partial charge in [0.2, 0.25) is 5.91 Å². The fourth-order valence-corrected chi connectivity index (χ4v) is 1.65. The van der Waals surface area contributed by atoms with Crippen LogP contribution in [0.5, 0.6) is 0 Å². The molecule has 1 aromatic carbocycles. The Balaban J connectivity index is 2.79. The van der Waals surface area contributed by atoms with Crippen LogP contribution in [0.2, 0.25) is 0 Å². The molecule has 0 aromatic heterocycles. The molecule has 1 amide bonds. The number of hydrogen-bond donors (Lipinski definition) is 3. The molecule has 1 aromatic rings. The van der Waals surface area contributed by atoms with Crippen LogP contribution in [0.25, 0.3) is 0 Å². The van der Waals surface area contributed by atoms with Gasteiger partial charge in [-0.25, -0.2) is 0 Å². The first-order valence-electron chi connectivity index (χ1n) is 4.97. The summed E-state index contributed by atoms with van der Waals surface area (Å²) in [5, 5.41) is 13.8. The van der Waals surface area contributed by atoms with Gasteiger partial charge in [-0.15, -0.1) is 0 Å². The minimum Gasteiger partial charge on any atom is -0.409 e. The molecule has 0 bridgehead atoms. The molecule has 4 N–H and O–H groups in total. The molecule has 5 nitrogen and oxygen atoms in total. The molecular weight excluding hydrogens is 286 g/mol. The molecule has 0 saturated carbocycles. The van der Waals surface area contributed by atoms with Crippen LogP contribution >= 0.6 is 15.9 Å². The van der Waals surface area contributed by atoms with Crippen LogP contribution in [0, 0.1) is 13.8 Å². The first-order valence-corrected chi connectivity index (χ1v) is 5.76. The summed E-state index contributed by atoms with van der Waals surface area (Å²) in [6, 6.07) is 3.70. The third-order valence-corrected chi connectivity index (χ3v) is 3.44. The van der Waals surface area contributed by atoms with Crippen molar-refractivity contribution in [1.29, 1.82) is 0 Å². The lowest BCUT2D eigenvalue weighted by Gasteiger charge is -2.09. The van der Waals surface area contributed by atoms with E-state index in [0.717, 1.165) is 15.6 Å². The summed E-state index contributed by atoms with van der Waals surface area (Å²) in [6.45, 7) is 3.88. The molecule has 0 atom stereocenters. The van der Waals surface area contributed by atoms with E-state index in [2.05, 4.69) is 26.4 Å². The number of aryl methyl sites for hydroxylation is 2. The summed E-state index contributed by atoms with van der Waals surface area (Å²) in [7, 11) is 0. The summed E-state index contributed by atoms with van der Waals surface area (Å²) in [6.07, 6.45) is -0.134. The summed E-state index contributed by atoms with van der Waals surface area (Å²) in [4.78, 5) is 11.5. The highest BCUT2D eigenvalue weighted by Gasteiger charge is 2.07. The lowest BCUT2D eigenvalue weighted by atomic mass is 10.1. The molecule has 0 unspecified atom stereocenters. The Morgan fingerprint density at radius 1 is 1.47 bits per heavy atom. The van der Waals surface area contributed by atoms with Crippen LogP contribution in [0.4, 0.5) is 5.69 Å². The molecule has 0 saturated heterocycles. The second kappa shape index (κ2) is 5.67. The zero-order valence-electron chi connectivity index (χ0n) is 9.62. The average Bonchev–Trinajstić information content (AvgIpc) is 2.25. The van der Waals surface area contributed by atoms with Crippen molar-refractivity contribution in [1.82, 2.24) is 0 Å². The van der Waals surface area contributed by atoms with Gasteiger partial charge in [0.05, 0.1) is 6.42 Å². The SMILES string of the molecule is Cc1cc(NC(=O)C/C(N)=N/O)cc(C)c1Br. The molecule has 0 radical (unpaired) electrons. The van der Waals surface area contributed by atoms with Crippen molar-refractivity contribution in [2.75, 3.05) is 5.32 Å². The molecule has 17 heavy (non-hydrogen) atoms. The van der Waals surface area contributed by atoms with Crippen molar-refractivity contribution in [2.24, 2.45) is 10.9 Å². The number of amidine groups is 1. The number of nitrogens with zero attached hydrogens (tertiary/aromatic N) is 1. The highest BCUT2D eigenvalue weighted by Crippen LogP contribution is 2.24. The normalized spacial score (nSPS) is 11.4. The van der Waals surface area contributed by atoms with Crippen LogP contribution in [0.3, 0.4) is 0 Å². The first-order chi connectivity index (χ1) is 7.93. The summed E-state index contributed by atoms with van der Waals surface area (Å²) >= 11 is 3.45. The Morgan fingerprint density at radius 3 is 2.47 bits per heavy atom. The van der Waals surface area contributed by atoms with Crippen molar-refractivity contribution in [2.45, 2.75) is 20.3 Å². The van der Waals surface area contributed by atoms with Gasteiger partial charge in [0, 0.05) is 10.2 Å². The quantitative estimate of drug-likeness (QED) is 0.346. The number of nitrogens with two attached hydrogens (primary N) is 1. The highest BCUT2D eigenvalue weighted by atomic mass is 79.9. The van der Waals surface area contributed by atoms with Gasteiger partial charge < -0.3 is 16.3 Å². The van der Waals surface area contributed by atoms with Gasteiger partial charge >= 0.3 is 0 Å². The number of hydrogen-bond acceptors (Lipinski definition) is 3. The van der Waals surface area contributed by atoms with Gasteiger partial charge in [-0.2, -0.15) is 0 Å². The van der Waals surface area contributed by atoms with Crippen molar-refractivity contribution >= 4 is 33.4 Å². The minimum absolute atomic E-state index is 0.118. The number of halogens is 1. The van der Waals surface area contributed by atoms with E-state index in [1.807, 2.05) is 26.0 Å². The number of amides is 1. The Labute approximate surface area is 108 Å². The topological polar surface area (TPSA) is 87.7 Å². The third-order valence-electron chi connectivity index (χ3n) is 2.19. The number of anilines is 1. The molecule has 6 heteroatoms. The molecular formula is C11H14BrN3O2. The molecule has 92 valence electrons. The zero-order valence-corrected chi connectivity index (χ0v) is 11.2. The van der Waals surface area contributed by atoms with Gasteiger partial charge in [-0.05, 0) is 37.1 Å². The van der Waals surface area contributed by atoms with Crippen LogP contribution < -0.4 is 11.1 Å². The van der Waals surface area contributed by atoms with E-state index in [4.69, 9.17) is 10.9 Å². The zero-order chi connectivity index (χ0) is 13.0. The molecule has 0 spiro atoms. The standard InChI is InChI=1S/C11H14BrN3O2/c1-6-3-8(4-7(2)11(6)12)14-10(16)5-9(13)15-17/h3-4,17H,5H2,1-2H3,(H2,13,15)(H,14,16). The lowest BCUT2D eigenvalue weighted by molar-refractivity contribution is -0.115. The fourth-order valence-electron chi connectivity index (χ4n) is 1.42. The molecule has 0 fully saturated rings. The summed E-state index contributed by atoms with van der Waals surface area (Å²) in [5.41, 5.74) is 8.00. The molecule has 0 aliphatic heterocycles. The largest absolute Gasteiger partial charge is 0.409 e.